The van der Waals surface area contributed by atoms with Gasteiger partial charge in [-0.15, -0.1) is 0 Å². The van der Waals surface area contributed by atoms with Gasteiger partial charge in [-0.1, -0.05) is 27.7 Å². The van der Waals surface area contributed by atoms with Crippen molar-refractivity contribution in [2.75, 3.05) is 13.2 Å². The third-order valence-electron chi connectivity index (χ3n) is 2.77. The van der Waals surface area contributed by atoms with E-state index in [0.717, 1.165) is 6.54 Å². The maximum Gasteiger partial charge on any atom is 0.0494 e. The van der Waals surface area contributed by atoms with E-state index in [2.05, 4.69) is 33.0 Å². The molecule has 1 saturated carbocycles. The summed E-state index contributed by atoms with van der Waals surface area (Å²) in [7, 11) is 0. The highest BCUT2D eigenvalue weighted by molar-refractivity contribution is 5.01. The van der Waals surface area contributed by atoms with Crippen LogP contribution >= 0.6 is 0 Å². The molecule has 0 amide bonds. The Kier molecular flexibility index (Phi) is 2.50. The van der Waals surface area contributed by atoms with Crippen LogP contribution in [0.4, 0.5) is 0 Å². The third kappa shape index (κ3) is 2.46. The van der Waals surface area contributed by atoms with E-state index in [1.54, 1.807) is 0 Å². The summed E-state index contributed by atoms with van der Waals surface area (Å²) in [6.07, 6.45) is 1.27. The summed E-state index contributed by atoms with van der Waals surface area (Å²) < 4.78 is 0. The molecule has 0 spiro atoms. The van der Waals surface area contributed by atoms with E-state index < -0.39 is 0 Å². The quantitative estimate of drug-likeness (QED) is 0.670. The molecule has 0 aromatic rings. The Morgan fingerprint density at radius 2 is 2.00 bits per heavy atom. The van der Waals surface area contributed by atoms with Crippen LogP contribution in [0.1, 0.15) is 34.1 Å². The number of hydrogen-bond donors (Lipinski definition) is 2. The van der Waals surface area contributed by atoms with Gasteiger partial charge in [0.05, 0.1) is 0 Å². The summed E-state index contributed by atoms with van der Waals surface area (Å²) in [5.74, 6) is 0. The van der Waals surface area contributed by atoms with Gasteiger partial charge in [0.25, 0.3) is 0 Å². The average Bonchev–Trinajstić information content (AvgIpc) is 2.56. The summed E-state index contributed by atoms with van der Waals surface area (Å²) in [6.45, 7) is 9.88. The molecule has 1 atom stereocenters. The van der Waals surface area contributed by atoms with Crippen LogP contribution in [0.5, 0.6) is 0 Å². The van der Waals surface area contributed by atoms with Gasteiger partial charge in [0.2, 0.25) is 0 Å². The minimum absolute atomic E-state index is 0.0265. The molecular weight excluding hydrogens is 150 g/mol. The van der Waals surface area contributed by atoms with Crippen LogP contribution in [-0.4, -0.2) is 24.3 Å². The smallest absolute Gasteiger partial charge is 0.0494 e. The first-order chi connectivity index (χ1) is 5.37. The second kappa shape index (κ2) is 3.00. The molecular formula is C10H21NO. The molecule has 0 bridgehead atoms. The number of aliphatic hydroxyl groups excluding tert-OH is 1. The molecule has 0 radical (unpaired) electrons. The van der Waals surface area contributed by atoms with Crippen LogP contribution in [0.2, 0.25) is 0 Å². The second-order valence-electron chi connectivity index (χ2n) is 5.45. The lowest BCUT2D eigenvalue weighted by atomic mass is 9.95. The summed E-state index contributed by atoms with van der Waals surface area (Å²) in [5.41, 5.74) is 0.518. The SMILES string of the molecule is CC(C)(CO)CNC1CC1(C)C. The lowest BCUT2D eigenvalue weighted by Gasteiger charge is -2.22. The molecule has 2 heteroatoms. The summed E-state index contributed by atoms with van der Waals surface area (Å²) in [4.78, 5) is 0. The van der Waals surface area contributed by atoms with Crippen LogP contribution in [0.3, 0.4) is 0 Å². The average molecular weight is 171 g/mol. The van der Waals surface area contributed by atoms with E-state index in [1.165, 1.54) is 6.42 Å². The van der Waals surface area contributed by atoms with Crippen LogP contribution < -0.4 is 5.32 Å². The molecule has 1 rings (SSSR count). The monoisotopic (exact) mass is 171 g/mol. The third-order valence-corrected chi connectivity index (χ3v) is 2.77. The topological polar surface area (TPSA) is 32.3 Å². The molecule has 0 aromatic heterocycles. The molecule has 2 N–H and O–H groups in total. The van der Waals surface area contributed by atoms with Crippen LogP contribution in [0.25, 0.3) is 0 Å². The number of nitrogens with one attached hydrogen (secondary N) is 1. The predicted molar refractivity (Wildman–Crippen MR) is 51.1 cm³/mol. The van der Waals surface area contributed by atoms with E-state index >= 15 is 0 Å². The van der Waals surface area contributed by atoms with Crippen molar-refractivity contribution in [1.29, 1.82) is 0 Å². The fourth-order valence-electron chi connectivity index (χ4n) is 1.27. The van der Waals surface area contributed by atoms with Gasteiger partial charge in [0, 0.05) is 24.6 Å². The Balaban J connectivity index is 2.19. The van der Waals surface area contributed by atoms with Gasteiger partial charge >= 0.3 is 0 Å². The van der Waals surface area contributed by atoms with E-state index in [-0.39, 0.29) is 12.0 Å². The lowest BCUT2D eigenvalue weighted by Crippen LogP contribution is -2.34. The fourth-order valence-corrected chi connectivity index (χ4v) is 1.27. The van der Waals surface area contributed by atoms with Gasteiger partial charge < -0.3 is 10.4 Å². The van der Waals surface area contributed by atoms with Gasteiger partial charge in [0.1, 0.15) is 0 Å². The number of hydrogen-bond acceptors (Lipinski definition) is 2. The van der Waals surface area contributed by atoms with E-state index in [0.29, 0.717) is 11.5 Å². The molecule has 12 heavy (non-hydrogen) atoms. The van der Waals surface area contributed by atoms with Crippen LogP contribution in [-0.2, 0) is 0 Å². The minimum atomic E-state index is 0.0265. The van der Waals surface area contributed by atoms with Gasteiger partial charge in [0.15, 0.2) is 0 Å². The Morgan fingerprint density at radius 1 is 1.50 bits per heavy atom. The van der Waals surface area contributed by atoms with Crippen molar-refractivity contribution in [3.8, 4) is 0 Å². The normalized spacial score (nSPS) is 27.2. The first-order valence-corrected chi connectivity index (χ1v) is 4.72. The number of aliphatic hydroxyl groups is 1. The predicted octanol–water partition coefficient (Wildman–Crippen LogP) is 1.39. The van der Waals surface area contributed by atoms with Crippen molar-refractivity contribution >= 4 is 0 Å². The van der Waals surface area contributed by atoms with Gasteiger partial charge in [-0.25, -0.2) is 0 Å². The first-order valence-electron chi connectivity index (χ1n) is 4.72. The first kappa shape index (κ1) is 10.0. The standard InChI is InChI=1S/C10H21NO/c1-9(2,7-12)6-11-8-5-10(8,3)4/h8,11-12H,5-7H2,1-4H3. The zero-order valence-electron chi connectivity index (χ0n) is 8.65. The molecule has 1 aliphatic carbocycles. The molecule has 0 aliphatic heterocycles. The Labute approximate surface area is 75.4 Å². The Morgan fingerprint density at radius 3 is 2.33 bits per heavy atom. The molecule has 0 heterocycles. The largest absolute Gasteiger partial charge is 0.396 e. The summed E-state index contributed by atoms with van der Waals surface area (Å²) in [6, 6.07) is 0.670. The second-order valence-corrected chi connectivity index (χ2v) is 5.45. The molecule has 0 aromatic carbocycles. The molecule has 1 fully saturated rings. The van der Waals surface area contributed by atoms with E-state index in [4.69, 9.17) is 5.11 Å². The van der Waals surface area contributed by atoms with Crippen molar-refractivity contribution in [1.82, 2.24) is 5.32 Å². The van der Waals surface area contributed by atoms with Gasteiger partial charge in [-0.2, -0.15) is 0 Å². The fraction of sp³-hybridized carbons (Fsp3) is 1.00. The molecule has 1 aliphatic rings. The van der Waals surface area contributed by atoms with Crippen LogP contribution in [0.15, 0.2) is 0 Å². The zero-order chi connectivity index (χ0) is 9.41. The minimum Gasteiger partial charge on any atom is -0.396 e. The summed E-state index contributed by atoms with van der Waals surface area (Å²) >= 11 is 0. The molecule has 1 unspecified atom stereocenters. The van der Waals surface area contributed by atoms with Crippen LogP contribution in [0, 0.1) is 10.8 Å². The van der Waals surface area contributed by atoms with Crippen molar-refractivity contribution in [3.63, 3.8) is 0 Å². The maximum atomic E-state index is 9.02. The van der Waals surface area contributed by atoms with Gasteiger partial charge in [-0.3, -0.25) is 0 Å². The molecule has 72 valence electrons. The van der Waals surface area contributed by atoms with E-state index in [9.17, 15) is 0 Å². The molecule has 2 nitrogen and oxygen atoms in total. The van der Waals surface area contributed by atoms with Crippen molar-refractivity contribution in [3.05, 3.63) is 0 Å². The van der Waals surface area contributed by atoms with E-state index in [1.807, 2.05) is 0 Å². The highest BCUT2D eigenvalue weighted by Crippen LogP contribution is 2.44. The maximum absolute atomic E-state index is 9.02. The van der Waals surface area contributed by atoms with Crippen molar-refractivity contribution in [2.24, 2.45) is 10.8 Å². The van der Waals surface area contributed by atoms with Crippen molar-refractivity contribution in [2.45, 2.75) is 40.2 Å². The summed E-state index contributed by atoms with van der Waals surface area (Å²) in [5, 5.41) is 12.5. The zero-order valence-corrected chi connectivity index (χ0v) is 8.65. The number of rotatable bonds is 4. The lowest BCUT2D eigenvalue weighted by molar-refractivity contribution is 0.155. The Hall–Kier alpha value is -0.0800. The molecule has 0 saturated heterocycles. The highest BCUT2D eigenvalue weighted by Gasteiger charge is 2.45. The highest BCUT2D eigenvalue weighted by atomic mass is 16.3. The Bertz CT molecular complexity index is 163. The van der Waals surface area contributed by atoms with Crippen molar-refractivity contribution < 1.29 is 5.11 Å². The van der Waals surface area contributed by atoms with Gasteiger partial charge in [-0.05, 0) is 11.8 Å².